The molecule has 0 saturated carbocycles. The van der Waals surface area contributed by atoms with E-state index in [-0.39, 0.29) is 24.4 Å². The van der Waals surface area contributed by atoms with E-state index in [0.717, 1.165) is 48.5 Å². The highest BCUT2D eigenvalue weighted by atomic mass is 35.5. The second kappa shape index (κ2) is 12.5. The van der Waals surface area contributed by atoms with Gasteiger partial charge in [-0.2, -0.15) is 0 Å². The summed E-state index contributed by atoms with van der Waals surface area (Å²) >= 11 is 0. The second-order valence-corrected chi connectivity index (χ2v) is 8.35. The van der Waals surface area contributed by atoms with Crippen molar-refractivity contribution in [2.45, 2.75) is 18.9 Å². The largest absolute Gasteiger partial charge is 0.497 e. The number of hydrogen-bond donors (Lipinski definition) is 1. The zero-order valence-corrected chi connectivity index (χ0v) is 21.9. The fourth-order valence-electron chi connectivity index (χ4n) is 4.52. The normalized spacial score (nSPS) is 13.3. The Hall–Kier alpha value is -3.42. The van der Waals surface area contributed by atoms with Gasteiger partial charge in [0.2, 0.25) is 5.75 Å². The number of amides is 1. The molecule has 1 aliphatic rings. The number of methoxy groups -OCH3 is 4. The molecule has 36 heavy (non-hydrogen) atoms. The van der Waals surface area contributed by atoms with Gasteiger partial charge in [0.05, 0.1) is 28.4 Å². The Labute approximate surface area is 218 Å². The summed E-state index contributed by atoms with van der Waals surface area (Å²) in [4.78, 5) is 15.9. The standard InChI is InChI=1S/C28H32N2O5.ClH/c1-32-24-10-8-22(9-11-24)30(23-12-14-29-15-13-23)28(31)20-7-5-6-19(16-20)21-17-25(33-2)27(35-4)26(18-21)34-3;/h5-11,16-18,23,29H,12-15H2,1-4H3;1H. The quantitative estimate of drug-likeness (QED) is 0.447. The van der Waals surface area contributed by atoms with Crippen LogP contribution in [0.2, 0.25) is 0 Å². The molecule has 8 heteroatoms. The third-order valence-electron chi connectivity index (χ3n) is 6.35. The van der Waals surface area contributed by atoms with Gasteiger partial charge >= 0.3 is 0 Å². The van der Waals surface area contributed by atoms with Crippen LogP contribution in [-0.2, 0) is 0 Å². The number of anilines is 1. The molecule has 1 aliphatic heterocycles. The summed E-state index contributed by atoms with van der Waals surface area (Å²) < 4.78 is 21.8. The molecule has 7 nitrogen and oxygen atoms in total. The van der Waals surface area contributed by atoms with Crippen LogP contribution in [0.5, 0.6) is 23.0 Å². The van der Waals surface area contributed by atoms with Crippen molar-refractivity contribution in [3.63, 3.8) is 0 Å². The number of nitrogens with zero attached hydrogens (tertiary/aromatic N) is 1. The molecule has 1 amide bonds. The van der Waals surface area contributed by atoms with Crippen LogP contribution in [-0.4, -0.2) is 53.5 Å². The summed E-state index contributed by atoms with van der Waals surface area (Å²) in [6.45, 7) is 1.77. The number of piperidine rings is 1. The molecule has 1 saturated heterocycles. The van der Waals surface area contributed by atoms with Crippen molar-refractivity contribution < 1.29 is 23.7 Å². The van der Waals surface area contributed by atoms with Gasteiger partial charge in [0.15, 0.2) is 11.5 Å². The van der Waals surface area contributed by atoms with Gasteiger partial charge in [-0.05, 0) is 85.6 Å². The summed E-state index contributed by atoms with van der Waals surface area (Å²) in [6.07, 6.45) is 1.79. The van der Waals surface area contributed by atoms with E-state index in [9.17, 15) is 4.79 Å². The minimum absolute atomic E-state index is 0. The highest BCUT2D eigenvalue weighted by molar-refractivity contribution is 6.07. The Morgan fingerprint density at radius 2 is 1.44 bits per heavy atom. The average Bonchev–Trinajstić information content (AvgIpc) is 2.93. The highest BCUT2D eigenvalue weighted by Gasteiger charge is 2.28. The SMILES string of the molecule is COc1ccc(N(C(=O)c2cccc(-c3cc(OC)c(OC)c(OC)c3)c2)C2CCNCC2)cc1.Cl. The van der Waals surface area contributed by atoms with Gasteiger partial charge in [-0.15, -0.1) is 12.4 Å². The first-order valence-electron chi connectivity index (χ1n) is 11.7. The summed E-state index contributed by atoms with van der Waals surface area (Å²) in [6, 6.07) is 19.2. The molecule has 0 unspecified atom stereocenters. The van der Waals surface area contributed by atoms with Gasteiger partial charge in [-0.25, -0.2) is 0 Å². The monoisotopic (exact) mass is 512 g/mol. The third kappa shape index (κ3) is 5.69. The van der Waals surface area contributed by atoms with E-state index in [2.05, 4.69) is 5.32 Å². The van der Waals surface area contributed by atoms with Crippen molar-refractivity contribution in [2.75, 3.05) is 46.4 Å². The van der Waals surface area contributed by atoms with Crippen molar-refractivity contribution in [3.05, 3.63) is 66.2 Å². The molecule has 0 atom stereocenters. The summed E-state index contributed by atoms with van der Waals surface area (Å²) in [5.41, 5.74) is 3.23. The molecular weight excluding hydrogens is 480 g/mol. The van der Waals surface area contributed by atoms with Crippen LogP contribution in [0.3, 0.4) is 0 Å². The van der Waals surface area contributed by atoms with Gasteiger partial charge in [-0.3, -0.25) is 4.79 Å². The van der Waals surface area contributed by atoms with Crippen LogP contribution in [0.1, 0.15) is 23.2 Å². The molecule has 3 aromatic carbocycles. The molecular formula is C28H33ClN2O5. The molecule has 1 N–H and O–H groups in total. The number of rotatable bonds is 8. The van der Waals surface area contributed by atoms with Crippen LogP contribution in [0, 0.1) is 0 Å². The van der Waals surface area contributed by atoms with E-state index in [1.54, 1.807) is 28.4 Å². The maximum atomic E-state index is 13.9. The average molecular weight is 513 g/mol. The van der Waals surface area contributed by atoms with Gasteiger partial charge in [0.1, 0.15) is 5.75 Å². The fourth-order valence-corrected chi connectivity index (χ4v) is 4.52. The molecule has 0 aromatic heterocycles. The topological polar surface area (TPSA) is 69.3 Å². The van der Waals surface area contributed by atoms with Crippen molar-refractivity contribution >= 4 is 24.0 Å². The predicted molar refractivity (Wildman–Crippen MR) is 144 cm³/mol. The Morgan fingerprint density at radius 1 is 0.806 bits per heavy atom. The van der Waals surface area contributed by atoms with Crippen LogP contribution in [0.4, 0.5) is 5.69 Å². The Balaban J connectivity index is 0.00000361. The van der Waals surface area contributed by atoms with Crippen LogP contribution < -0.4 is 29.2 Å². The van der Waals surface area contributed by atoms with E-state index >= 15 is 0 Å². The first-order chi connectivity index (χ1) is 17.1. The summed E-state index contributed by atoms with van der Waals surface area (Å²) in [5.74, 6) is 2.39. The molecule has 0 bridgehead atoms. The summed E-state index contributed by atoms with van der Waals surface area (Å²) in [5, 5.41) is 3.39. The zero-order valence-electron chi connectivity index (χ0n) is 21.1. The molecule has 1 fully saturated rings. The first kappa shape index (κ1) is 27.2. The van der Waals surface area contributed by atoms with Crippen molar-refractivity contribution in [1.82, 2.24) is 5.32 Å². The number of ether oxygens (including phenoxy) is 4. The smallest absolute Gasteiger partial charge is 0.258 e. The lowest BCUT2D eigenvalue weighted by Gasteiger charge is -2.35. The number of halogens is 1. The van der Waals surface area contributed by atoms with Crippen LogP contribution in [0.25, 0.3) is 11.1 Å². The predicted octanol–water partition coefficient (Wildman–Crippen LogP) is 5.21. The molecule has 0 aliphatic carbocycles. The Bertz CT molecular complexity index is 1140. The second-order valence-electron chi connectivity index (χ2n) is 8.35. The number of carbonyl (C=O) groups is 1. The third-order valence-corrected chi connectivity index (χ3v) is 6.35. The number of carbonyl (C=O) groups excluding carboxylic acids is 1. The van der Waals surface area contributed by atoms with Gasteiger partial charge in [-0.1, -0.05) is 12.1 Å². The Morgan fingerprint density at radius 3 is 2.00 bits per heavy atom. The molecule has 0 spiro atoms. The highest BCUT2D eigenvalue weighted by Crippen LogP contribution is 2.41. The first-order valence-corrected chi connectivity index (χ1v) is 11.7. The van der Waals surface area contributed by atoms with Gasteiger partial charge in [0.25, 0.3) is 5.91 Å². The zero-order chi connectivity index (χ0) is 24.8. The van der Waals surface area contributed by atoms with E-state index in [1.807, 2.05) is 65.6 Å². The van der Waals surface area contributed by atoms with Crippen molar-refractivity contribution in [2.24, 2.45) is 0 Å². The number of benzene rings is 3. The molecule has 4 rings (SSSR count). The minimum Gasteiger partial charge on any atom is -0.497 e. The van der Waals surface area contributed by atoms with E-state index < -0.39 is 0 Å². The number of nitrogens with one attached hydrogen (secondary N) is 1. The molecule has 0 radical (unpaired) electrons. The van der Waals surface area contributed by atoms with E-state index in [0.29, 0.717) is 22.8 Å². The van der Waals surface area contributed by atoms with E-state index in [1.165, 1.54) is 0 Å². The lowest BCUT2D eigenvalue weighted by molar-refractivity contribution is 0.0971. The van der Waals surface area contributed by atoms with Crippen LogP contribution >= 0.6 is 12.4 Å². The molecule has 3 aromatic rings. The minimum atomic E-state index is -0.0311. The van der Waals surface area contributed by atoms with Crippen molar-refractivity contribution in [1.29, 1.82) is 0 Å². The Kier molecular flexibility index (Phi) is 9.44. The van der Waals surface area contributed by atoms with Gasteiger partial charge < -0.3 is 29.2 Å². The van der Waals surface area contributed by atoms with Gasteiger partial charge in [0, 0.05) is 17.3 Å². The maximum Gasteiger partial charge on any atom is 0.258 e. The van der Waals surface area contributed by atoms with Crippen LogP contribution in [0.15, 0.2) is 60.7 Å². The molecule has 192 valence electrons. The molecule has 1 heterocycles. The number of hydrogen-bond acceptors (Lipinski definition) is 6. The maximum absolute atomic E-state index is 13.9. The lowest BCUT2D eigenvalue weighted by atomic mass is 9.99. The summed E-state index contributed by atoms with van der Waals surface area (Å²) in [7, 11) is 6.40. The van der Waals surface area contributed by atoms with Crippen molar-refractivity contribution in [3.8, 4) is 34.1 Å². The fraction of sp³-hybridized carbons (Fsp3) is 0.321. The lowest BCUT2D eigenvalue weighted by Crippen LogP contribution is -2.46. The van der Waals surface area contributed by atoms with E-state index in [4.69, 9.17) is 18.9 Å².